The van der Waals surface area contributed by atoms with Crippen molar-refractivity contribution in [3.05, 3.63) is 87.7 Å². The summed E-state index contributed by atoms with van der Waals surface area (Å²) < 4.78 is 76.9. The molecule has 0 bridgehead atoms. The first-order chi connectivity index (χ1) is 14.6. The molecule has 0 radical (unpaired) electrons. The Morgan fingerprint density at radius 1 is 0.839 bits per heavy atom. The molecule has 10 heteroatoms. The van der Waals surface area contributed by atoms with Gasteiger partial charge >= 0.3 is 12.4 Å². The minimum atomic E-state index is -4.53. The molecule has 2 aromatic heterocycles. The summed E-state index contributed by atoms with van der Waals surface area (Å²) >= 11 is 6.21. The second kappa shape index (κ2) is 9.23. The standard InChI is InChI=1S/C21H15ClF6N3/c22-17-9-15(13-5-6-19(31-11-13)21(26,27)28)12-30-18(17)7-8-29-10-14-3-1-2-4-16(14)20(23,24)25/h1-6,9,11-12H,7-8,10H2/q-1. The summed E-state index contributed by atoms with van der Waals surface area (Å²) in [6.07, 6.45) is -6.13. The number of alkyl halides is 6. The molecule has 3 rings (SSSR count). The second-order valence-corrected chi connectivity index (χ2v) is 7.00. The van der Waals surface area contributed by atoms with Crippen molar-refractivity contribution in [1.82, 2.24) is 9.97 Å². The minimum Gasteiger partial charge on any atom is -0.658 e. The molecule has 0 unspecified atom stereocenters. The van der Waals surface area contributed by atoms with E-state index in [9.17, 15) is 26.3 Å². The van der Waals surface area contributed by atoms with Crippen molar-refractivity contribution in [1.29, 1.82) is 0 Å². The maximum absolute atomic E-state index is 13.0. The topological polar surface area (TPSA) is 39.9 Å². The molecule has 0 saturated carbocycles. The largest absolute Gasteiger partial charge is 0.658 e. The first-order valence-electron chi connectivity index (χ1n) is 9.02. The normalized spacial score (nSPS) is 12.2. The van der Waals surface area contributed by atoms with Crippen LogP contribution < -0.4 is 0 Å². The molecule has 0 amide bonds. The highest BCUT2D eigenvalue weighted by molar-refractivity contribution is 6.31. The van der Waals surface area contributed by atoms with Gasteiger partial charge in [-0.05, 0) is 24.6 Å². The summed E-state index contributed by atoms with van der Waals surface area (Å²) in [5.41, 5.74) is -0.240. The minimum absolute atomic E-state index is 0.0826. The third kappa shape index (κ3) is 5.95. The second-order valence-electron chi connectivity index (χ2n) is 6.59. The molecular formula is C21H15ClF6N3-. The van der Waals surface area contributed by atoms with Crippen LogP contribution in [0.5, 0.6) is 0 Å². The van der Waals surface area contributed by atoms with E-state index in [-0.39, 0.29) is 23.7 Å². The first kappa shape index (κ1) is 23.0. The van der Waals surface area contributed by atoms with E-state index in [1.165, 1.54) is 30.5 Å². The van der Waals surface area contributed by atoms with Gasteiger partial charge in [-0.1, -0.05) is 41.4 Å². The van der Waals surface area contributed by atoms with Crippen molar-refractivity contribution < 1.29 is 26.3 Å². The molecule has 0 saturated heterocycles. The predicted octanol–water partition coefficient (Wildman–Crippen LogP) is 6.95. The number of aromatic nitrogens is 2. The Bertz CT molecular complexity index is 1030. The third-order valence-electron chi connectivity index (χ3n) is 4.42. The van der Waals surface area contributed by atoms with E-state index in [2.05, 4.69) is 15.3 Å². The Morgan fingerprint density at radius 3 is 2.16 bits per heavy atom. The van der Waals surface area contributed by atoms with Gasteiger partial charge in [-0.15, -0.1) is 13.1 Å². The molecular weight excluding hydrogens is 444 g/mol. The predicted molar refractivity (Wildman–Crippen MR) is 105 cm³/mol. The Labute approximate surface area is 179 Å². The highest BCUT2D eigenvalue weighted by atomic mass is 35.5. The fourth-order valence-corrected chi connectivity index (χ4v) is 3.12. The summed E-state index contributed by atoms with van der Waals surface area (Å²) in [7, 11) is 0. The molecule has 3 nitrogen and oxygen atoms in total. The molecule has 0 N–H and O–H groups in total. The van der Waals surface area contributed by atoms with Crippen molar-refractivity contribution >= 4 is 11.6 Å². The number of pyridine rings is 2. The molecule has 1 aromatic carbocycles. The van der Waals surface area contributed by atoms with Crippen molar-refractivity contribution in [2.45, 2.75) is 25.3 Å². The molecule has 0 spiro atoms. The van der Waals surface area contributed by atoms with Crippen molar-refractivity contribution in [2.75, 3.05) is 6.54 Å². The molecule has 3 aromatic rings. The van der Waals surface area contributed by atoms with Crippen LogP contribution in [0.2, 0.25) is 5.02 Å². The molecule has 0 aliphatic carbocycles. The molecule has 0 fully saturated rings. The van der Waals surface area contributed by atoms with E-state index in [1.807, 2.05) is 0 Å². The van der Waals surface area contributed by atoms with Crippen molar-refractivity contribution in [3.8, 4) is 11.1 Å². The zero-order chi connectivity index (χ0) is 22.6. The maximum Gasteiger partial charge on any atom is 0.433 e. The Hall–Kier alpha value is -2.65. The first-order valence-corrected chi connectivity index (χ1v) is 9.40. The summed E-state index contributed by atoms with van der Waals surface area (Å²) in [6.45, 7) is 0.114. The van der Waals surface area contributed by atoms with Gasteiger partial charge in [-0.25, -0.2) is 0 Å². The number of halogens is 7. The van der Waals surface area contributed by atoms with Gasteiger partial charge in [0.2, 0.25) is 0 Å². The van der Waals surface area contributed by atoms with Gasteiger partial charge in [-0.3, -0.25) is 9.97 Å². The van der Waals surface area contributed by atoms with E-state index >= 15 is 0 Å². The summed E-state index contributed by atoms with van der Waals surface area (Å²) in [4.78, 5) is 7.61. The van der Waals surface area contributed by atoms with Gasteiger partial charge < -0.3 is 5.32 Å². The summed E-state index contributed by atoms with van der Waals surface area (Å²) in [6, 6.07) is 8.93. The smallest absolute Gasteiger partial charge is 0.433 e. The third-order valence-corrected chi connectivity index (χ3v) is 4.74. The van der Waals surface area contributed by atoms with Crippen LogP contribution in [0, 0.1) is 0 Å². The number of rotatable bonds is 6. The van der Waals surface area contributed by atoms with Crippen LogP contribution in [0.4, 0.5) is 26.3 Å². The van der Waals surface area contributed by atoms with Crippen LogP contribution in [-0.2, 0) is 25.3 Å². The van der Waals surface area contributed by atoms with Gasteiger partial charge in [0.25, 0.3) is 0 Å². The van der Waals surface area contributed by atoms with Crippen LogP contribution >= 0.6 is 11.6 Å². The van der Waals surface area contributed by atoms with Gasteiger partial charge in [0.1, 0.15) is 5.69 Å². The SMILES string of the molecule is FC(F)(F)c1ccc(-c2cnc(CC[N-]Cc3ccccc3C(F)(F)F)c(Cl)c2)cn1. The van der Waals surface area contributed by atoms with E-state index in [0.717, 1.165) is 18.3 Å². The van der Waals surface area contributed by atoms with Gasteiger partial charge in [-0.2, -0.15) is 26.3 Å². The Morgan fingerprint density at radius 2 is 1.55 bits per heavy atom. The fraction of sp³-hybridized carbons (Fsp3) is 0.238. The molecule has 0 aliphatic heterocycles. The summed E-state index contributed by atoms with van der Waals surface area (Å²) in [5.74, 6) is 0. The van der Waals surface area contributed by atoms with Crippen LogP contribution in [0.15, 0.2) is 54.9 Å². The highest BCUT2D eigenvalue weighted by Gasteiger charge is 2.32. The summed E-state index contributed by atoms with van der Waals surface area (Å²) in [5, 5.41) is 4.43. The Kier molecular flexibility index (Phi) is 6.86. The van der Waals surface area contributed by atoms with Crippen molar-refractivity contribution in [2.24, 2.45) is 0 Å². The highest BCUT2D eigenvalue weighted by Crippen LogP contribution is 2.33. The zero-order valence-electron chi connectivity index (χ0n) is 15.8. The van der Waals surface area contributed by atoms with Crippen molar-refractivity contribution in [3.63, 3.8) is 0 Å². The van der Waals surface area contributed by atoms with Gasteiger partial charge in [0.15, 0.2) is 0 Å². The van der Waals surface area contributed by atoms with E-state index in [4.69, 9.17) is 11.6 Å². The van der Waals surface area contributed by atoms with E-state index in [0.29, 0.717) is 23.2 Å². The van der Waals surface area contributed by atoms with E-state index < -0.39 is 23.6 Å². The molecule has 0 atom stereocenters. The quantitative estimate of drug-likeness (QED) is 0.296. The zero-order valence-corrected chi connectivity index (χ0v) is 16.6. The number of nitrogens with zero attached hydrogens (tertiary/aromatic N) is 3. The monoisotopic (exact) mass is 458 g/mol. The number of benzene rings is 1. The fourth-order valence-electron chi connectivity index (χ4n) is 2.86. The van der Waals surface area contributed by atoms with Crippen LogP contribution in [0.25, 0.3) is 16.4 Å². The molecule has 2 heterocycles. The Balaban J connectivity index is 1.61. The van der Waals surface area contributed by atoms with Gasteiger partial charge in [0.05, 0.1) is 16.3 Å². The average molecular weight is 459 g/mol. The van der Waals surface area contributed by atoms with E-state index in [1.54, 1.807) is 6.07 Å². The van der Waals surface area contributed by atoms with Crippen LogP contribution in [-0.4, -0.2) is 16.5 Å². The van der Waals surface area contributed by atoms with Gasteiger partial charge in [0, 0.05) is 23.5 Å². The van der Waals surface area contributed by atoms with Crippen LogP contribution in [0.1, 0.15) is 22.5 Å². The lowest BCUT2D eigenvalue weighted by atomic mass is 10.1. The number of hydrogen-bond acceptors (Lipinski definition) is 2. The lowest BCUT2D eigenvalue weighted by Crippen LogP contribution is -2.09. The average Bonchev–Trinajstić information content (AvgIpc) is 2.71. The number of hydrogen-bond donors (Lipinski definition) is 0. The molecule has 31 heavy (non-hydrogen) atoms. The lowest BCUT2D eigenvalue weighted by molar-refractivity contribution is -0.141. The molecule has 164 valence electrons. The maximum atomic E-state index is 13.0. The molecule has 0 aliphatic rings. The van der Waals surface area contributed by atoms with Crippen LogP contribution in [0.3, 0.4) is 0 Å². The lowest BCUT2D eigenvalue weighted by Gasteiger charge is -2.22.